The summed E-state index contributed by atoms with van der Waals surface area (Å²) in [5, 5.41) is 7.00. The van der Waals surface area contributed by atoms with Crippen LogP contribution in [0.1, 0.15) is 32.9 Å². The van der Waals surface area contributed by atoms with Crippen LogP contribution < -0.4 is 0 Å². The Labute approximate surface area is 101 Å². The Balaban J connectivity index is 2.20. The van der Waals surface area contributed by atoms with Gasteiger partial charge in [-0.1, -0.05) is 29.8 Å². The molecule has 0 amide bonds. The summed E-state index contributed by atoms with van der Waals surface area (Å²) in [4.78, 5) is 12.1. The van der Waals surface area contributed by atoms with Crippen molar-refractivity contribution in [3.8, 4) is 0 Å². The number of nitrogens with one attached hydrogen (secondary N) is 1. The zero-order valence-electron chi connectivity index (χ0n) is 10.4. The number of ketones is 1. The summed E-state index contributed by atoms with van der Waals surface area (Å²) < 4.78 is 0. The second-order valence-corrected chi connectivity index (χ2v) is 4.38. The van der Waals surface area contributed by atoms with E-state index in [0.717, 1.165) is 28.1 Å². The summed E-state index contributed by atoms with van der Waals surface area (Å²) in [5.41, 5.74) is 4.81. The number of H-pyrrole nitrogens is 1. The van der Waals surface area contributed by atoms with Crippen LogP contribution in [0.3, 0.4) is 0 Å². The number of aromatic amines is 1. The molecule has 0 atom stereocenters. The summed E-state index contributed by atoms with van der Waals surface area (Å²) >= 11 is 0. The highest BCUT2D eigenvalue weighted by molar-refractivity contribution is 5.97. The Morgan fingerprint density at radius 2 is 1.82 bits per heavy atom. The van der Waals surface area contributed by atoms with Gasteiger partial charge in [-0.2, -0.15) is 5.10 Å². The molecule has 17 heavy (non-hydrogen) atoms. The lowest BCUT2D eigenvalue weighted by Crippen LogP contribution is -2.05. The third-order valence-corrected chi connectivity index (χ3v) is 2.99. The molecule has 0 aliphatic rings. The van der Waals surface area contributed by atoms with Gasteiger partial charge < -0.3 is 0 Å². The predicted molar refractivity (Wildman–Crippen MR) is 67.3 cm³/mol. The fraction of sp³-hybridized carbons (Fsp3) is 0.286. The molecule has 1 heterocycles. The van der Waals surface area contributed by atoms with Crippen LogP contribution in [0.25, 0.3) is 0 Å². The van der Waals surface area contributed by atoms with Crippen molar-refractivity contribution >= 4 is 5.78 Å². The van der Waals surface area contributed by atoms with Crippen LogP contribution in [0.5, 0.6) is 0 Å². The molecule has 0 aliphatic carbocycles. The first-order chi connectivity index (χ1) is 8.08. The van der Waals surface area contributed by atoms with Crippen molar-refractivity contribution in [2.24, 2.45) is 0 Å². The molecular weight excluding hydrogens is 212 g/mol. The first-order valence-electron chi connectivity index (χ1n) is 5.68. The molecular formula is C14H16N2O. The van der Waals surface area contributed by atoms with Crippen molar-refractivity contribution in [3.63, 3.8) is 0 Å². The molecule has 2 aromatic rings. The topological polar surface area (TPSA) is 45.8 Å². The molecule has 1 aromatic heterocycles. The molecule has 3 heteroatoms. The van der Waals surface area contributed by atoms with E-state index in [4.69, 9.17) is 0 Å². The molecule has 0 saturated carbocycles. The molecule has 0 saturated heterocycles. The van der Waals surface area contributed by atoms with Crippen molar-refractivity contribution < 1.29 is 4.79 Å². The van der Waals surface area contributed by atoms with Gasteiger partial charge in [0.25, 0.3) is 0 Å². The number of hydrogen-bond donors (Lipinski definition) is 1. The monoisotopic (exact) mass is 228 g/mol. The minimum Gasteiger partial charge on any atom is -0.294 e. The van der Waals surface area contributed by atoms with E-state index in [1.54, 1.807) is 0 Å². The zero-order valence-corrected chi connectivity index (χ0v) is 10.4. The average Bonchev–Trinajstić information content (AvgIpc) is 2.61. The van der Waals surface area contributed by atoms with E-state index in [-0.39, 0.29) is 5.78 Å². The van der Waals surface area contributed by atoms with Crippen LogP contribution in [-0.4, -0.2) is 16.0 Å². The second kappa shape index (κ2) is 4.53. The SMILES string of the molecule is Cc1ccc(C(=O)Cc2c(C)n[nH]c2C)cc1. The van der Waals surface area contributed by atoms with Crippen LogP contribution in [-0.2, 0) is 6.42 Å². The van der Waals surface area contributed by atoms with E-state index < -0.39 is 0 Å². The van der Waals surface area contributed by atoms with Gasteiger partial charge in [0.1, 0.15) is 0 Å². The Hall–Kier alpha value is -1.90. The third-order valence-electron chi connectivity index (χ3n) is 2.99. The highest BCUT2D eigenvalue weighted by Gasteiger charge is 2.12. The summed E-state index contributed by atoms with van der Waals surface area (Å²) in [7, 11) is 0. The molecule has 0 radical (unpaired) electrons. The molecule has 0 aliphatic heterocycles. The fourth-order valence-electron chi connectivity index (χ4n) is 1.84. The van der Waals surface area contributed by atoms with Gasteiger partial charge in [-0.05, 0) is 20.8 Å². The number of Topliss-reactive ketones (excluding diaryl/α,β-unsaturated/α-hetero) is 1. The van der Waals surface area contributed by atoms with E-state index in [0.29, 0.717) is 6.42 Å². The number of rotatable bonds is 3. The fourth-order valence-corrected chi connectivity index (χ4v) is 1.84. The van der Waals surface area contributed by atoms with Crippen molar-refractivity contribution in [2.75, 3.05) is 0 Å². The summed E-state index contributed by atoms with van der Waals surface area (Å²) in [5.74, 6) is 0.137. The van der Waals surface area contributed by atoms with Crippen LogP contribution in [0.4, 0.5) is 0 Å². The molecule has 0 bridgehead atoms. The van der Waals surface area contributed by atoms with Gasteiger partial charge in [0, 0.05) is 23.2 Å². The summed E-state index contributed by atoms with van der Waals surface area (Å²) in [6, 6.07) is 7.68. The van der Waals surface area contributed by atoms with Gasteiger partial charge in [0.2, 0.25) is 0 Å². The van der Waals surface area contributed by atoms with Crippen LogP contribution >= 0.6 is 0 Å². The number of carbonyl (C=O) groups is 1. The number of carbonyl (C=O) groups excluding carboxylic acids is 1. The van der Waals surface area contributed by atoms with Gasteiger partial charge in [0.15, 0.2) is 5.78 Å². The molecule has 0 fully saturated rings. The number of benzene rings is 1. The quantitative estimate of drug-likeness (QED) is 0.821. The van der Waals surface area contributed by atoms with Crippen LogP contribution in [0.15, 0.2) is 24.3 Å². The maximum absolute atomic E-state index is 12.1. The first-order valence-corrected chi connectivity index (χ1v) is 5.68. The van der Waals surface area contributed by atoms with E-state index in [2.05, 4.69) is 10.2 Å². The third kappa shape index (κ3) is 2.44. The number of nitrogens with zero attached hydrogens (tertiary/aromatic N) is 1. The minimum absolute atomic E-state index is 0.137. The average molecular weight is 228 g/mol. The first kappa shape index (κ1) is 11.6. The second-order valence-electron chi connectivity index (χ2n) is 4.38. The Morgan fingerprint density at radius 3 is 2.35 bits per heavy atom. The van der Waals surface area contributed by atoms with Crippen LogP contribution in [0.2, 0.25) is 0 Å². The Kier molecular flexibility index (Phi) is 3.09. The van der Waals surface area contributed by atoms with Crippen molar-refractivity contribution in [2.45, 2.75) is 27.2 Å². The Bertz CT molecular complexity index is 518. The lowest BCUT2D eigenvalue weighted by Gasteiger charge is -2.02. The van der Waals surface area contributed by atoms with Crippen LogP contribution in [0, 0.1) is 20.8 Å². The lowest BCUT2D eigenvalue weighted by atomic mass is 10.0. The highest BCUT2D eigenvalue weighted by atomic mass is 16.1. The molecule has 0 spiro atoms. The molecule has 0 unspecified atom stereocenters. The van der Waals surface area contributed by atoms with E-state index >= 15 is 0 Å². The summed E-state index contributed by atoms with van der Waals surface area (Å²) in [6.07, 6.45) is 0.414. The molecule has 3 nitrogen and oxygen atoms in total. The number of aromatic nitrogens is 2. The smallest absolute Gasteiger partial charge is 0.167 e. The van der Waals surface area contributed by atoms with Gasteiger partial charge in [-0.15, -0.1) is 0 Å². The van der Waals surface area contributed by atoms with E-state index in [1.165, 1.54) is 0 Å². The predicted octanol–water partition coefficient (Wildman–Crippen LogP) is 2.76. The summed E-state index contributed by atoms with van der Waals surface area (Å²) in [6.45, 7) is 5.87. The van der Waals surface area contributed by atoms with Crippen molar-refractivity contribution in [1.82, 2.24) is 10.2 Å². The van der Waals surface area contributed by atoms with Crippen molar-refractivity contribution in [3.05, 3.63) is 52.3 Å². The van der Waals surface area contributed by atoms with E-state index in [9.17, 15) is 4.79 Å². The zero-order chi connectivity index (χ0) is 12.4. The maximum atomic E-state index is 12.1. The van der Waals surface area contributed by atoms with E-state index in [1.807, 2.05) is 45.0 Å². The molecule has 1 aromatic carbocycles. The lowest BCUT2D eigenvalue weighted by molar-refractivity contribution is 0.0992. The number of hydrogen-bond acceptors (Lipinski definition) is 2. The number of aryl methyl sites for hydroxylation is 3. The van der Waals surface area contributed by atoms with Gasteiger partial charge >= 0.3 is 0 Å². The van der Waals surface area contributed by atoms with Gasteiger partial charge in [0.05, 0.1) is 5.69 Å². The standard InChI is InChI=1S/C14H16N2O/c1-9-4-6-12(7-5-9)14(17)8-13-10(2)15-16-11(13)3/h4-7H,8H2,1-3H3,(H,15,16). The molecule has 2 rings (SSSR count). The Morgan fingerprint density at radius 1 is 1.18 bits per heavy atom. The molecule has 1 N–H and O–H groups in total. The largest absolute Gasteiger partial charge is 0.294 e. The maximum Gasteiger partial charge on any atom is 0.167 e. The van der Waals surface area contributed by atoms with Crippen molar-refractivity contribution in [1.29, 1.82) is 0 Å². The van der Waals surface area contributed by atoms with Gasteiger partial charge in [-0.3, -0.25) is 9.89 Å². The van der Waals surface area contributed by atoms with Gasteiger partial charge in [-0.25, -0.2) is 0 Å². The normalized spacial score (nSPS) is 10.5. The highest BCUT2D eigenvalue weighted by Crippen LogP contribution is 2.14. The molecule has 88 valence electrons. The minimum atomic E-state index is 0.137.